The van der Waals surface area contributed by atoms with Crippen LogP contribution < -0.4 is 5.32 Å². The maximum atomic E-state index is 3.75. The van der Waals surface area contributed by atoms with Crippen LogP contribution in [0.2, 0.25) is 0 Å². The highest BCUT2D eigenvalue weighted by Crippen LogP contribution is 2.31. The van der Waals surface area contributed by atoms with Crippen molar-refractivity contribution in [3.05, 3.63) is 12.7 Å². The van der Waals surface area contributed by atoms with E-state index in [1.165, 1.54) is 32.1 Å². The molecule has 0 aromatic heterocycles. The Balaban J connectivity index is 2.10. The van der Waals surface area contributed by atoms with Crippen LogP contribution in [0.25, 0.3) is 0 Å². The zero-order chi connectivity index (χ0) is 8.81. The lowest BCUT2D eigenvalue weighted by Gasteiger charge is -2.29. The molecule has 0 heterocycles. The van der Waals surface area contributed by atoms with Gasteiger partial charge in [0.2, 0.25) is 0 Å². The van der Waals surface area contributed by atoms with Gasteiger partial charge in [-0.25, -0.2) is 0 Å². The number of rotatable bonds is 6. The van der Waals surface area contributed by atoms with Crippen molar-refractivity contribution in [3.8, 4) is 0 Å². The average molecular weight is 167 g/mol. The third-order valence-electron chi connectivity index (χ3n) is 2.97. The molecule has 1 heteroatoms. The van der Waals surface area contributed by atoms with Crippen LogP contribution in [0.4, 0.5) is 0 Å². The minimum Gasteiger partial charge on any atom is -0.317 e. The van der Waals surface area contributed by atoms with Crippen molar-refractivity contribution in [1.29, 1.82) is 0 Å². The molecular weight excluding hydrogens is 146 g/mol. The van der Waals surface area contributed by atoms with Gasteiger partial charge in [0, 0.05) is 6.04 Å². The van der Waals surface area contributed by atoms with E-state index >= 15 is 0 Å². The van der Waals surface area contributed by atoms with E-state index in [0.29, 0.717) is 0 Å². The summed E-state index contributed by atoms with van der Waals surface area (Å²) in [7, 11) is 2.08. The smallest absolute Gasteiger partial charge is 0.00696 e. The molecule has 1 aliphatic carbocycles. The summed E-state index contributed by atoms with van der Waals surface area (Å²) in [5.41, 5.74) is 0. The predicted molar refractivity (Wildman–Crippen MR) is 54.2 cm³/mol. The van der Waals surface area contributed by atoms with Crippen LogP contribution in [0, 0.1) is 5.92 Å². The van der Waals surface area contributed by atoms with E-state index in [9.17, 15) is 0 Å². The summed E-state index contributed by atoms with van der Waals surface area (Å²) in [6.45, 7) is 3.75. The van der Waals surface area contributed by atoms with E-state index in [1.54, 1.807) is 0 Å². The maximum Gasteiger partial charge on any atom is 0.00696 e. The maximum absolute atomic E-state index is 3.75. The Kier molecular flexibility index (Phi) is 4.37. The lowest BCUT2D eigenvalue weighted by molar-refractivity contribution is 0.259. The van der Waals surface area contributed by atoms with Crippen LogP contribution in [0.5, 0.6) is 0 Å². The third kappa shape index (κ3) is 2.98. The van der Waals surface area contributed by atoms with Crippen LogP contribution in [0.3, 0.4) is 0 Å². The van der Waals surface area contributed by atoms with Gasteiger partial charge in [0.05, 0.1) is 0 Å². The number of hydrogen-bond donors (Lipinski definition) is 1. The van der Waals surface area contributed by atoms with Gasteiger partial charge in [0.15, 0.2) is 0 Å². The van der Waals surface area contributed by atoms with Gasteiger partial charge in [-0.2, -0.15) is 0 Å². The van der Waals surface area contributed by atoms with Gasteiger partial charge in [-0.3, -0.25) is 0 Å². The highest BCUT2D eigenvalue weighted by atomic mass is 14.9. The Bertz CT molecular complexity index is 127. The molecule has 1 saturated carbocycles. The van der Waals surface area contributed by atoms with E-state index in [1.807, 2.05) is 6.08 Å². The molecule has 1 fully saturated rings. The van der Waals surface area contributed by atoms with Crippen molar-refractivity contribution in [1.82, 2.24) is 5.32 Å². The number of nitrogens with one attached hydrogen (secondary N) is 1. The summed E-state index contributed by atoms with van der Waals surface area (Å²) in [5, 5.41) is 3.39. The van der Waals surface area contributed by atoms with Crippen molar-refractivity contribution in [2.24, 2.45) is 5.92 Å². The van der Waals surface area contributed by atoms with Gasteiger partial charge in [-0.1, -0.05) is 25.3 Å². The normalized spacial score (nSPS) is 20.1. The van der Waals surface area contributed by atoms with Gasteiger partial charge in [0.25, 0.3) is 0 Å². The molecule has 1 atom stereocenters. The molecule has 1 unspecified atom stereocenters. The average Bonchev–Trinajstić information content (AvgIpc) is 2.02. The fourth-order valence-electron chi connectivity index (χ4n) is 1.83. The van der Waals surface area contributed by atoms with Gasteiger partial charge in [0.1, 0.15) is 0 Å². The molecule has 70 valence electrons. The van der Waals surface area contributed by atoms with Gasteiger partial charge < -0.3 is 5.32 Å². The standard InChI is InChI=1S/C11H21N/c1-3-4-8-11(12-2)9-10-6-5-7-10/h3,10-12H,1,4-9H2,2H3. The summed E-state index contributed by atoms with van der Waals surface area (Å²) in [5.74, 6) is 1.02. The van der Waals surface area contributed by atoms with E-state index < -0.39 is 0 Å². The predicted octanol–water partition coefficient (Wildman–Crippen LogP) is 2.73. The minimum atomic E-state index is 0.730. The molecule has 1 N–H and O–H groups in total. The summed E-state index contributed by atoms with van der Waals surface area (Å²) >= 11 is 0. The fourth-order valence-corrected chi connectivity index (χ4v) is 1.83. The SMILES string of the molecule is C=CCCC(CC1CCC1)NC. The van der Waals surface area contributed by atoms with Gasteiger partial charge in [-0.15, -0.1) is 6.58 Å². The summed E-state index contributed by atoms with van der Waals surface area (Å²) < 4.78 is 0. The molecule has 0 saturated heterocycles. The zero-order valence-electron chi connectivity index (χ0n) is 8.18. The Hall–Kier alpha value is -0.300. The van der Waals surface area contributed by atoms with Crippen molar-refractivity contribution in [2.75, 3.05) is 7.05 Å². The number of hydrogen-bond acceptors (Lipinski definition) is 1. The van der Waals surface area contributed by atoms with E-state index in [-0.39, 0.29) is 0 Å². The third-order valence-corrected chi connectivity index (χ3v) is 2.97. The first-order valence-electron chi connectivity index (χ1n) is 5.15. The van der Waals surface area contributed by atoms with Crippen LogP contribution in [-0.4, -0.2) is 13.1 Å². The van der Waals surface area contributed by atoms with Crippen LogP contribution >= 0.6 is 0 Å². The molecule has 1 rings (SSSR count). The molecule has 0 bridgehead atoms. The second-order valence-electron chi connectivity index (χ2n) is 3.88. The molecule has 0 aromatic rings. The molecular formula is C11H21N. The van der Waals surface area contributed by atoms with Crippen LogP contribution in [-0.2, 0) is 0 Å². The molecule has 0 radical (unpaired) electrons. The van der Waals surface area contributed by atoms with Crippen molar-refractivity contribution in [2.45, 2.75) is 44.6 Å². The highest BCUT2D eigenvalue weighted by molar-refractivity contribution is 4.79. The molecule has 0 spiro atoms. The lowest BCUT2D eigenvalue weighted by Crippen LogP contribution is -2.29. The zero-order valence-corrected chi connectivity index (χ0v) is 8.18. The Labute approximate surface area is 76.2 Å². The Morgan fingerprint density at radius 3 is 2.75 bits per heavy atom. The quantitative estimate of drug-likeness (QED) is 0.600. The van der Waals surface area contributed by atoms with Crippen LogP contribution in [0.15, 0.2) is 12.7 Å². The molecule has 0 amide bonds. The molecule has 1 aliphatic rings. The second kappa shape index (κ2) is 5.36. The monoisotopic (exact) mass is 167 g/mol. The Morgan fingerprint density at radius 2 is 2.33 bits per heavy atom. The first kappa shape index (κ1) is 9.79. The largest absolute Gasteiger partial charge is 0.317 e. The first-order chi connectivity index (χ1) is 5.86. The van der Waals surface area contributed by atoms with Crippen molar-refractivity contribution in [3.63, 3.8) is 0 Å². The number of allylic oxidation sites excluding steroid dienone is 1. The molecule has 0 aromatic carbocycles. The lowest BCUT2D eigenvalue weighted by atomic mass is 9.80. The van der Waals surface area contributed by atoms with E-state index in [2.05, 4.69) is 18.9 Å². The van der Waals surface area contributed by atoms with Crippen molar-refractivity contribution >= 4 is 0 Å². The molecule has 12 heavy (non-hydrogen) atoms. The summed E-state index contributed by atoms with van der Waals surface area (Å²) in [6.07, 6.45) is 10.2. The van der Waals surface area contributed by atoms with Crippen LogP contribution in [0.1, 0.15) is 38.5 Å². The fraction of sp³-hybridized carbons (Fsp3) is 0.818. The first-order valence-corrected chi connectivity index (χ1v) is 5.15. The van der Waals surface area contributed by atoms with E-state index in [4.69, 9.17) is 0 Å². The molecule has 0 aliphatic heterocycles. The molecule has 1 nitrogen and oxygen atoms in total. The van der Waals surface area contributed by atoms with Gasteiger partial charge in [-0.05, 0) is 32.2 Å². The summed E-state index contributed by atoms with van der Waals surface area (Å²) in [6, 6.07) is 0.730. The van der Waals surface area contributed by atoms with E-state index in [0.717, 1.165) is 18.4 Å². The highest BCUT2D eigenvalue weighted by Gasteiger charge is 2.20. The minimum absolute atomic E-state index is 0.730. The second-order valence-corrected chi connectivity index (χ2v) is 3.88. The Morgan fingerprint density at radius 1 is 1.58 bits per heavy atom. The topological polar surface area (TPSA) is 12.0 Å². The summed E-state index contributed by atoms with van der Waals surface area (Å²) in [4.78, 5) is 0. The van der Waals surface area contributed by atoms with Crippen molar-refractivity contribution < 1.29 is 0 Å². The van der Waals surface area contributed by atoms with Gasteiger partial charge >= 0.3 is 0 Å².